The van der Waals surface area contributed by atoms with Crippen LogP contribution in [-0.4, -0.2) is 11.9 Å². The van der Waals surface area contributed by atoms with E-state index in [2.05, 4.69) is 117 Å². The van der Waals surface area contributed by atoms with Crippen molar-refractivity contribution in [1.29, 1.82) is 0 Å². The first kappa shape index (κ1) is 21.8. The number of anilines is 1. The van der Waals surface area contributed by atoms with Crippen LogP contribution in [0.25, 0.3) is 0 Å². The number of aryl methyl sites for hydroxylation is 3. The third-order valence-corrected chi connectivity index (χ3v) is 6.34. The Morgan fingerprint density at radius 1 is 0.794 bits per heavy atom. The molecule has 1 aliphatic heterocycles. The van der Waals surface area contributed by atoms with Crippen molar-refractivity contribution in [3.05, 3.63) is 130 Å². The molecule has 0 unspecified atom stereocenters. The Hall–Kier alpha value is -3.98. The molecule has 1 aliphatic rings. The molecule has 0 amide bonds. The summed E-state index contributed by atoms with van der Waals surface area (Å²) >= 11 is 0. The molecule has 4 aromatic rings. The van der Waals surface area contributed by atoms with Crippen molar-refractivity contribution in [2.75, 3.05) is 5.01 Å². The molecule has 0 bridgehead atoms. The van der Waals surface area contributed by atoms with Gasteiger partial charge in [-0.05, 0) is 60.7 Å². The molecule has 1 heterocycles. The molecule has 0 spiro atoms. The van der Waals surface area contributed by atoms with E-state index >= 15 is 0 Å². The number of hydrogen-bond acceptors (Lipinski definition) is 3. The zero-order valence-corrected chi connectivity index (χ0v) is 19.9. The van der Waals surface area contributed by atoms with Crippen molar-refractivity contribution >= 4 is 23.3 Å². The summed E-state index contributed by atoms with van der Waals surface area (Å²) in [7, 11) is 0. The van der Waals surface area contributed by atoms with E-state index in [4.69, 9.17) is 10.1 Å². The Morgan fingerprint density at radius 2 is 1.41 bits per heavy atom. The van der Waals surface area contributed by atoms with Crippen LogP contribution in [0.2, 0.25) is 0 Å². The van der Waals surface area contributed by atoms with Gasteiger partial charge in [0.1, 0.15) is 0 Å². The summed E-state index contributed by atoms with van der Waals surface area (Å²) in [6, 6.07) is 34.2. The van der Waals surface area contributed by atoms with Crippen LogP contribution < -0.4 is 5.01 Å². The van der Waals surface area contributed by atoms with Crippen LogP contribution in [0, 0.1) is 20.8 Å². The highest BCUT2D eigenvalue weighted by atomic mass is 15.5. The number of hydrazone groups is 1. The molecule has 0 radical (unpaired) electrons. The SMILES string of the molecule is Cc1cc(C)c(N=Cc2ccc(N3N=C(c4ccccc4)C[C@@H]3c3ccccc3)cc2)c(C)c1. The maximum Gasteiger partial charge on any atom is 0.0831 e. The molecule has 3 nitrogen and oxygen atoms in total. The Bertz CT molecular complexity index is 1310. The summed E-state index contributed by atoms with van der Waals surface area (Å²) in [4.78, 5) is 4.79. The van der Waals surface area contributed by atoms with Crippen LogP contribution in [0.3, 0.4) is 0 Å². The summed E-state index contributed by atoms with van der Waals surface area (Å²) in [5.41, 5.74) is 10.5. The highest BCUT2D eigenvalue weighted by Crippen LogP contribution is 2.36. The molecule has 0 aromatic heterocycles. The lowest BCUT2D eigenvalue weighted by Gasteiger charge is -2.24. The second kappa shape index (κ2) is 9.48. The molecule has 34 heavy (non-hydrogen) atoms. The van der Waals surface area contributed by atoms with E-state index in [1.54, 1.807) is 0 Å². The molecule has 0 N–H and O–H groups in total. The summed E-state index contributed by atoms with van der Waals surface area (Å²) in [6.07, 6.45) is 2.83. The third kappa shape index (κ3) is 4.55. The van der Waals surface area contributed by atoms with Crippen LogP contribution in [0.15, 0.2) is 107 Å². The van der Waals surface area contributed by atoms with Gasteiger partial charge in [0.05, 0.1) is 23.1 Å². The Morgan fingerprint density at radius 3 is 2.06 bits per heavy atom. The minimum Gasteiger partial charge on any atom is -0.257 e. The van der Waals surface area contributed by atoms with Gasteiger partial charge >= 0.3 is 0 Å². The third-order valence-electron chi connectivity index (χ3n) is 6.34. The first-order valence-corrected chi connectivity index (χ1v) is 11.8. The van der Waals surface area contributed by atoms with Crippen LogP contribution in [0.1, 0.15) is 45.8 Å². The predicted octanol–water partition coefficient (Wildman–Crippen LogP) is 7.72. The van der Waals surface area contributed by atoms with Gasteiger partial charge in [-0.2, -0.15) is 5.10 Å². The van der Waals surface area contributed by atoms with E-state index in [-0.39, 0.29) is 6.04 Å². The highest BCUT2D eigenvalue weighted by molar-refractivity contribution is 6.03. The van der Waals surface area contributed by atoms with Crippen molar-refractivity contribution in [2.45, 2.75) is 33.2 Å². The van der Waals surface area contributed by atoms with Gasteiger partial charge < -0.3 is 0 Å². The normalized spacial score (nSPS) is 15.7. The topological polar surface area (TPSA) is 28.0 Å². The average molecular weight is 444 g/mol. The predicted molar refractivity (Wildman–Crippen MR) is 144 cm³/mol. The van der Waals surface area contributed by atoms with E-state index in [1.807, 2.05) is 12.3 Å². The molecule has 168 valence electrons. The maximum atomic E-state index is 5.06. The van der Waals surface area contributed by atoms with Crippen LogP contribution >= 0.6 is 0 Å². The molecule has 0 saturated heterocycles. The number of hydrogen-bond donors (Lipinski definition) is 0. The molecule has 1 atom stereocenters. The van der Waals surface area contributed by atoms with E-state index < -0.39 is 0 Å². The van der Waals surface area contributed by atoms with E-state index in [0.29, 0.717) is 0 Å². The molecular formula is C31H29N3. The summed E-state index contributed by atoms with van der Waals surface area (Å²) in [5.74, 6) is 0. The van der Waals surface area contributed by atoms with Crippen LogP contribution in [0.4, 0.5) is 11.4 Å². The molecule has 4 aromatic carbocycles. The zero-order chi connectivity index (χ0) is 23.5. The Kier molecular flexibility index (Phi) is 6.09. The summed E-state index contributed by atoms with van der Waals surface area (Å²) in [6.45, 7) is 6.36. The maximum absolute atomic E-state index is 5.06. The second-order valence-corrected chi connectivity index (χ2v) is 8.98. The smallest absolute Gasteiger partial charge is 0.0831 e. The van der Waals surface area contributed by atoms with Gasteiger partial charge in [0.2, 0.25) is 0 Å². The molecule has 5 rings (SSSR count). The number of rotatable bonds is 5. The fourth-order valence-electron chi connectivity index (χ4n) is 4.72. The van der Waals surface area contributed by atoms with Crippen molar-refractivity contribution in [3.63, 3.8) is 0 Å². The van der Waals surface area contributed by atoms with Crippen LogP contribution in [-0.2, 0) is 0 Å². The fraction of sp³-hybridized carbons (Fsp3) is 0.161. The van der Waals surface area contributed by atoms with Crippen molar-refractivity contribution in [3.8, 4) is 0 Å². The lowest BCUT2D eigenvalue weighted by molar-refractivity contribution is 0.709. The molecule has 0 fully saturated rings. The van der Waals surface area contributed by atoms with Gasteiger partial charge in [0.25, 0.3) is 0 Å². The van der Waals surface area contributed by atoms with E-state index in [0.717, 1.165) is 29.1 Å². The van der Waals surface area contributed by atoms with Crippen molar-refractivity contribution in [2.24, 2.45) is 10.1 Å². The first-order chi connectivity index (χ1) is 16.6. The summed E-state index contributed by atoms with van der Waals surface area (Å²) < 4.78 is 0. The second-order valence-electron chi connectivity index (χ2n) is 8.98. The van der Waals surface area contributed by atoms with Gasteiger partial charge in [-0.3, -0.25) is 10.0 Å². The largest absolute Gasteiger partial charge is 0.257 e. The van der Waals surface area contributed by atoms with E-state index in [9.17, 15) is 0 Å². The van der Waals surface area contributed by atoms with Crippen molar-refractivity contribution < 1.29 is 0 Å². The number of aliphatic imine (C=N–C) groups is 1. The summed E-state index contributed by atoms with van der Waals surface area (Å²) in [5, 5.41) is 7.22. The minimum absolute atomic E-state index is 0.175. The molecule has 0 aliphatic carbocycles. The number of nitrogens with zero attached hydrogens (tertiary/aromatic N) is 3. The Labute approximate surface area is 202 Å². The van der Waals surface area contributed by atoms with E-state index in [1.165, 1.54) is 27.8 Å². The van der Waals surface area contributed by atoms with Gasteiger partial charge in [0, 0.05) is 12.6 Å². The average Bonchev–Trinajstić information content (AvgIpc) is 3.30. The first-order valence-electron chi connectivity index (χ1n) is 11.8. The standard InChI is InChI=1S/C31H29N3/c1-22-18-23(2)31(24(3)19-22)32-21-25-14-16-28(17-15-25)34-30(27-12-8-5-9-13-27)20-29(33-34)26-10-6-4-7-11-26/h4-19,21,30H,20H2,1-3H3/t30-/m1/s1. The van der Waals surface area contributed by atoms with Crippen molar-refractivity contribution in [1.82, 2.24) is 0 Å². The molecular weight excluding hydrogens is 414 g/mol. The van der Waals surface area contributed by atoms with Crippen LogP contribution in [0.5, 0.6) is 0 Å². The zero-order valence-electron chi connectivity index (χ0n) is 19.9. The van der Waals surface area contributed by atoms with Gasteiger partial charge in [0.15, 0.2) is 0 Å². The fourth-order valence-corrected chi connectivity index (χ4v) is 4.72. The monoisotopic (exact) mass is 443 g/mol. The lowest BCUT2D eigenvalue weighted by atomic mass is 9.98. The quantitative estimate of drug-likeness (QED) is 0.290. The highest BCUT2D eigenvalue weighted by Gasteiger charge is 2.29. The molecule has 3 heteroatoms. The lowest BCUT2D eigenvalue weighted by Crippen LogP contribution is -2.18. The van der Waals surface area contributed by atoms with Gasteiger partial charge in [-0.1, -0.05) is 90.5 Å². The number of benzene rings is 4. The van der Waals surface area contributed by atoms with Gasteiger partial charge in [-0.25, -0.2) is 0 Å². The minimum atomic E-state index is 0.175. The Balaban J connectivity index is 1.44. The molecule has 0 saturated carbocycles. The van der Waals surface area contributed by atoms with Gasteiger partial charge in [-0.15, -0.1) is 0 Å².